The Bertz CT molecular complexity index is 833. The van der Waals surface area contributed by atoms with Gasteiger partial charge in [-0.2, -0.15) is 0 Å². The van der Waals surface area contributed by atoms with Crippen LogP contribution in [0.25, 0.3) is 0 Å². The molecular weight excluding hydrogens is 358 g/mol. The largest absolute Gasteiger partial charge is 0.327 e. The van der Waals surface area contributed by atoms with Gasteiger partial charge in [0.2, 0.25) is 5.91 Å². The number of amides is 2. The molecule has 0 saturated carbocycles. The summed E-state index contributed by atoms with van der Waals surface area (Å²) < 4.78 is 0. The summed E-state index contributed by atoms with van der Waals surface area (Å²) in [6.07, 6.45) is 6.00. The van der Waals surface area contributed by atoms with E-state index in [0.29, 0.717) is 23.7 Å². The molecule has 0 bridgehead atoms. The zero-order valence-corrected chi connectivity index (χ0v) is 16.4. The first-order valence-electron chi connectivity index (χ1n) is 9.81. The Morgan fingerprint density at radius 3 is 2.85 bits per heavy atom. The van der Waals surface area contributed by atoms with Crippen LogP contribution in [0.1, 0.15) is 53.5 Å². The molecule has 1 saturated heterocycles. The topological polar surface area (TPSA) is 62.3 Å². The quantitative estimate of drug-likeness (QED) is 0.871. The second-order valence-electron chi connectivity index (χ2n) is 7.42. The number of nitrogens with one attached hydrogen (secondary N) is 1. The van der Waals surface area contributed by atoms with Gasteiger partial charge < -0.3 is 10.2 Å². The van der Waals surface area contributed by atoms with Gasteiger partial charge in [-0.1, -0.05) is 31.5 Å². The highest BCUT2D eigenvalue weighted by Crippen LogP contribution is 2.34. The van der Waals surface area contributed by atoms with Crippen LogP contribution in [-0.2, 0) is 17.6 Å². The molecule has 142 valence electrons. The number of hydrogen-bond donors (Lipinski definition) is 1. The molecule has 1 aliphatic carbocycles. The fraction of sp³-hybridized carbons (Fsp3) is 0.476. The number of carbonyl (C=O) groups is 2. The van der Waals surface area contributed by atoms with Crippen LogP contribution >= 0.6 is 11.3 Å². The van der Waals surface area contributed by atoms with Crippen LogP contribution in [0.4, 0.5) is 5.13 Å². The average molecular weight is 384 g/mol. The van der Waals surface area contributed by atoms with Crippen LogP contribution in [0.3, 0.4) is 0 Å². The Morgan fingerprint density at radius 1 is 1.26 bits per heavy atom. The molecule has 2 unspecified atom stereocenters. The number of hydrogen-bond acceptors (Lipinski definition) is 4. The predicted octanol–water partition coefficient (Wildman–Crippen LogP) is 3.90. The molecular formula is C21H25N3O2S. The van der Waals surface area contributed by atoms with Crippen molar-refractivity contribution in [1.29, 1.82) is 0 Å². The van der Waals surface area contributed by atoms with Crippen LogP contribution < -0.4 is 5.32 Å². The van der Waals surface area contributed by atoms with Gasteiger partial charge >= 0.3 is 0 Å². The first-order chi connectivity index (χ1) is 13.2. The number of aryl methyl sites for hydroxylation is 1. The molecule has 27 heavy (non-hydrogen) atoms. The lowest BCUT2D eigenvalue weighted by molar-refractivity contribution is -0.119. The zero-order valence-electron chi connectivity index (χ0n) is 15.6. The van der Waals surface area contributed by atoms with E-state index in [4.69, 9.17) is 0 Å². The molecule has 5 nitrogen and oxygen atoms in total. The fourth-order valence-corrected chi connectivity index (χ4v) is 5.19. The maximum absolute atomic E-state index is 12.9. The molecule has 2 aliphatic rings. The summed E-state index contributed by atoms with van der Waals surface area (Å²) in [6.45, 7) is 2.86. The first-order valence-corrected chi connectivity index (χ1v) is 10.6. The molecule has 4 rings (SSSR count). The predicted molar refractivity (Wildman–Crippen MR) is 107 cm³/mol. The second-order valence-corrected chi connectivity index (χ2v) is 8.50. The number of carbonyl (C=O) groups excluding carboxylic acids is 2. The normalized spacial score (nSPS) is 21.7. The highest BCUT2D eigenvalue weighted by atomic mass is 32.1. The van der Waals surface area contributed by atoms with E-state index in [1.807, 2.05) is 18.2 Å². The van der Waals surface area contributed by atoms with Crippen LogP contribution in [0, 0.1) is 5.92 Å². The lowest BCUT2D eigenvalue weighted by atomic mass is 9.89. The van der Waals surface area contributed by atoms with Crippen LogP contribution in [-0.4, -0.2) is 34.3 Å². The van der Waals surface area contributed by atoms with Gasteiger partial charge in [-0.05, 0) is 50.2 Å². The molecule has 1 aliphatic heterocycles. The summed E-state index contributed by atoms with van der Waals surface area (Å²) in [7, 11) is 0. The molecule has 2 aromatic rings. The summed E-state index contributed by atoms with van der Waals surface area (Å²) >= 11 is 1.60. The monoisotopic (exact) mass is 383 g/mol. The molecule has 2 atom stereocenters. The summed E-state index contributed by atoms with van der Waals surface area (Å²) in [5.41, 5.74) is 1.77. The summed E-state index contributed by atoms with van der Waals surface area (Å²) in [5.74, 6) is 0.544. The lowest BCUT2D eigenvalue weighted by Crippen LogP contribution is -2.43. The molecule has 6 heteroatoms. The Labute approximate surface area is 163 Å². The van der Waals surface area contributed by atoms with Gasteiger partial charge in [0, 0.05) is 17.0 Å². The Kier molecular flexibility index (Phi) is 5.25. The maximum Gasteiger partial charge on any atom is 0.254 e. The minimum atomic E-state index is -0.415. The van der Waals surface area contributed by atoms with Crippen molar-refractivity contribution in [3.05, 3.63) is 46.5 Å². The molecule has 1 aromatic carbocycles. The molecule has 2 amide bonds. The molecule has 1 fully saturated rings. The van der Waals surface area contributed by atoms with Gasteiger partial charge in [0.05, 0.1) is 5.69 Å². The van der Waals surface area contributed by atoms with Crippen LogP contribution in [0.15, 0.2) is 30.3 Å². The van der Waals surface area contributed by atoms with Crippen molar-refractivity contribution < 1.29 is 9.59 Å². The molecule has 0 spiro atoms. The van der Waals surface area contributed by atoms with E-state index in [1.165, 1.54) is 17.7 Å². The number of aromatic nitrogens is 1. The van der Waals surface area contributed by atoms with Crippen LogP contribution in [0.5, 0.6) is 0 Å². The molecule has 1 N–H and O–H groups in total. The fourth-order valence-electron chi connectivity index (χ4n) is 4.06. The van der Waals surface area contributed by atoms with Crippen molar-refractivity contribution in [2.45, 2.75) is 51.5 Å². The van der Waals surface area contributed by atoms with Gasteiger partial charge in [0.1, 0.15) is 6.04 Å². The molecule has 1 aromatic heterocycles. The van der Waals surface area contributed by atoms with Crippen molar-refractivity contribution in [2.75, 3.05) is 11.9 Å². The Balaban J connectivity index is 1.45. The van der Waals surface area contributed by atoms with Gasteiger partial charge in [0.15, 0.2) is 5.13 Å². The third-order valence-electron chi connectivity index (χ3n) is 5.69. The van der Waals surface area contributed by atoms with Crippen molar-refractivity contribution in [3.8, 4) is 0 Å². The Morgan fingerprint density at radius 2 is 2.07 bits per heavy atom. The summed E-state index contributed by atoms with van der Waals surface area (Å²) in [6, 6.07) is 8.77. The number of benzene rings is 1. The molecule has 2 heterocycles. The van der Waals surface area contributed by atoms with Crippen molar-refractivity contribution in [3.63, 3.8) is 0 Å². The smallest absolute Gasteiger partial charge is 0.254 e. The third-order valence-corrected chi connectivity index (χ3v) is 6.72. The van der Waals surface area contributed by atoms with E-state index in [2.05, 4.69) is 17.2 Å². The van der Waals surface area contributed by atoms with E-state index in [-0.39, 0.29) is 11.8 Å². The van der Waals surface area contributed by atoms with Gasteiger partial charge in [-0.25, -0.2) is 4.98 Å². The van der Waals surface area contributed by atoms with Crippen molar-refractivity contribution in [1.82, 2.24) is 9.88 Å². The summed E-state index contributed by atoms with van der Waals surface area (Å²) in [5, 5.41) is 3.67. The SMILES string of the molecule is CCC1CCc2nc(NC(=O)C3CCCN3C(=O)c3ccccc3)sc2C1. The van der Waals surface area contributed by atoms with E-state index in [9.17, 15) is 9.59 Å². The number of likely N-dealkylation sites (tertiary alicyclic amines) is 1. The minimum absolute atomic E-state index is 0.0718. The number of fused-ring (bicyclic) bond motifs is 1. The summed E-state index contributed by atoms with van der Waals surface area (Å²) in [4.78, 5) is 33.3. The number of rotatable bonds is 4. The average Bonchev–Trinajstić information content (AvgIpc) is 3.34. The number of thiazole rings is 1. The van der Waals surface area contributed by atoms with Crippen molar-refractivity contribution in [2.24, 2.45) is 5.92 Å². The number of nitrogens with zero attached hydrogens (tertiary/aromatic N) is 2. The van der Waals surface area contributed by atoms with E-state index in [0.717, 1.165) is 30.9 Å². The highest BCUT2D eigenvalue weighted by molar-refractivity contribution is 7.15. The standard InChI is InChI=1S/C21H25N3O2S/c1-2-14-10-11-16-18(13-14)27-21(22-16)23-19(25)17-9-6-12-24(17)20(26)15-7-4-3-5-8-15/h3-5,7-8,14,17H,2,6,9-13H2,1H3,(H,22,23,25). The van der Waals surface area contributed by atoms with Gasteiger partial charge in [0.25, 0.3) is 5.91 Å². The zero-order chi connectivity index (χ0) is 18.8. The maximum atomic E-state index is 12.9. The minimum Gasteiger partial charge on any atom is -0.327 e. The van der Waals surface area contributed by atoms with Gasteiger partial charge in [-0.3, -0.25) is 9.59 Å². The van der Waals surface area contributed by atoms with E-state index in [1.54, 1.807) is 28.4 Å². The number of anilines is 1. The second kappa shape index (κ2) is 7.80. The third kappa shape index (κ3) is 3.76. The molecule has 0 radical (unpaired) electrons. The van der Waals surface area contributed by atoms with E-state index < -0.39 is 6.04 Å². The first kappa shape index (κ1) is 18.2. The van der Waals surface area contributed by atoms with Gasteiger partial charge in [-0.15, -0.1) is 11.3 Å². The highest BCUT2D eigenvalue weighted by Gasteiger charge is 2.35. The lowest BCUT2D eigenvalue weighted by Gasteiger charge is -2.23. The van der Waals surface area contributed by atoms with E-state index >= 15 is 0 Å². The Hall–Kier alpha value is -2.21. The van der Waals surface area contributed by atoms with Crippen molar-refractivity contribution >= 4 is 28.3 Å². The van der Waals surface area contributed by atoms with Crippen LogP contribution in [0.2, 0.25) is 0 Å².